The summed E-state index contributed by atoms with van der Waals surface area (Å²) < 4.78 is 0. The highest BCUT2D eigenvalue weighted by Gasteiger charge is 2.16. The van der Waals surface area contributed by atoms with Crippen LogP contribution in [0.1, 0.15) is 28.4 Å². The van der Waals surface area contributed by atoms with Crippen LogP contribution in [0.2, 0.25) is 0 Å². The highest BCUT2D eigenvalue weighted by atomic mass is 16.6. The number of ketones is 1. The second-order valence-corrected chi connectivity index (χ2v) is 4.28. The van der Waals surface area contributed by atoms with Crippen molar-refractivity contribution in [1.82, 2.24) is 5.48 Å². The van der Waals surface area contributed by atoms with Crippen molar-refractivity contribution in [3.05, 3.63) is 71.8 Å². The fourth-order valence-corrected chi connectivity index (χ4v) is 1.98. The first-order valence-corrected chi connectivity index (χ1v) is 6.23. The number of carbonyl (C=O) groups is 1. The third-order valence-electron chi connectivity index (χ3n) is 2.95. The molecule has 0 aromatic heterocycles. The summed E-state index contributed by atoms with van der Waals surface area (Å²) >= 11 is 0. The van der Waals surface area contributed by atoms with Crippen LogP contribution in [0, 0.1) is 0 Å². The van der Waals surface area contributed by atoms with E-state index in [1.165, 1.54) is 0 Å². The third kappa shape index (κ3) is 3.74. The molecule has 0 saturated heterocycles. The number of benzene rings is 2. The number of carbonyl (C=O) groups excluding carboxylic acids is 1. The summed E-state index contributed by atoms with van der Waals surface area (Å²) in [4.78, 5) is 17.2. The van der Waals surface area contributed by atoms with Gasteiger partial charge in [-0.05, 0) is 5.56 Å². The maximum absolute atomic E-state index is 12.2. The summed E-state index contributed by atoms with van der Waals surface area (Å²) in [5.41, 5.74) is 4.64. The lowest BCUT2D eigenvalue weighted by Crippen LogP contribution is -2.23. The van der Waals surface area contributed by atoms with E-state index in [0.717, 1.165) is 11.1 Å². The first-order chi connectivity index (χ1) is 9.31. The van der Waals surface area contributed by atoms with Crippen molar-refractivity contribution in [3.63, 3.8) is 0 Å². The zero-order valence-electron chi connectivity index (χ0n) is 10.9. The topological polar surface area (TPSA) is 38.3 Å². The summed E-state index contributed by atoms with van der Waals surface area (Å²) in [5, 5.41) is 0. The molecule has 98 valence electrons. The van der Waals surface area contributed by atoms with E-state index in [4.69, 9.17) is 4.84 Å². The van der Waals surface area contributed by atoms with Gasteiger partial charge in [-0.1, -0.05) is 60.7 Å². The van der Waals surface area contributed by atoms with Gasteiger partial charge in [0.1, 0.15) is 0 Å². The van der Waals surface area contributed by atoms with Crippen LogP contribution >= 0.6 is 0 Å². The fourth-order valence-electron chi connectivity index (χ4n) is 1.98. The molecule has 2 aromatic carbocycles. The number of hydrogen-bond donors (Lipinski definition) is 1. The zero-order valence-corrected chi connectivity index (χ0v) is 10.9. The molecule has 0 aliphatic heterocycles. The normalized spacial score (nSPS) is 12.1. The second-order valence-electron chi connectivity index (χ2n) is 4.28. The van der Waals surface area contributed by atoms with Gasteiger partial charge in [0.15, 0.2) is 5.78 Å². The minimum absolute atomic E-state index is 0.0963. The van der Waals surface area contributed by atoms with Crippen molar-refractivity contribution in [3.8, 4) is 0 Å². The Labute approximate surface area is 113 Å². The third-order valence-corrected chi connectivity index (χ3v) is 2.95. The highest BCUT2D eigenvalue weighted by Crippen LogP contribution is 2.19. The van der Waals surface area contributed by atoms with Crippen molar-refractivity contribution >= 4 is 5.78 Å². The Kier molecular flexibility index (Phi) is 4.84. The number of nitrogens with one attached hydrogen (secondary N) is 1. The molecule has 0 aliphatic carbocycles. The SMILES string of the molecule is CON[C@H](CC(=O)c1ccccc1)c1ccccc1. The second kappa shape index (κ2) is 6.83. The van der Waals surface area contributed by atoms with Crippen LogP contribution < -0.4 is 5.48 Å². The van der Waals surface area contributed by atoms with Crippen LogP contribution in [0.15, 0.2) is 60.7 Å². The summed E-state index contributed by atoms with van der Waals surface area (Å²) in [6.45, 7) is 0. The number of Topliss-reactive ketones (excluding diaryl/α,β-unsaturated/α-hetero) is 1. The molecule has 0 spiro atoms. The predicted molar refractivity (Wildman–Crippen MR) is 74.7 cm³/mol. The first kappa shape index (κ1) is 13.5. The standard InChI is InChI=1S/C16H17NO2/c1-19-17-15(13-8-4-2-5-9-13)12-16(18)14-10-6-3-7-11-14/h2-11,15,17H,12H2,1H3/t15-/m1/s1. The lowest BCUT2D eigenvalue weighted by molar-refractivity contribution is 0.0545. The Hall–Kier alpha value is -1.97. The van der Waals surface area contributed by atoms with E-state index in [1.807, 2.05) is 60.7 Å². The summed E-state index contributed by atoms with van der Waals surface area (Å²) in [6, 6.07) is 19.0. The van der Waals surface area contributed by atoms with Crippen molar-refractivity contribution in [1.29, 1.82) is 0 Å². The maximum Gasteiger partial charge on any atom is 0.164 e. The van der Waals surface area contributed by atoms with Crippen LogP contribution in [0.25, 0.3) is 0 Å². The Bertz CT molecular complexity index is 511. The van der Waals surface area contributed by atoms with Crippen LogP contribution in [-0.4, -0.2) is 12.9 Å². The molecule has 19 heavy (non-hydrogen) atoms. The monoisotopic (exact) mass is 255 g/mol. The molecule has 0 aliphatic rings. The van der Waals surface area contributed by atoms with Gasteiger partial charge in [0.05, 0.1) is 13.2 Å². The first-order valence-electron chi connectivity index (χ1n) is 6.23. The van der Waals surface area contributed by atoms with E-state index in [1.54, 1.807) is 7.11 Å². The lowest BCUT2D eigenvalue weighted by atomic mass is 9.99. The summed E-state index contributed by atoms with van der Waals surface area (Å²) in [7, 11) is 1.56. The molecule has 0 heterocycles. The maximum atomic E-state index is 12.2. The van der Waals surface area contributed by atoms with E-state index in [9.17, 15) is 4.79 Å². The molecule has 2 rings (SSSR count). The largest absolute Gasteiger partial charge is 0.305 e. The molecule has 1 atom stereocenters. The van der Waals surface area contributed by atoms with Gasteiger partial charge in [0, 0.05) is 12.0 Å². The lowest BCUT2D eigenvalue weighted by Gasteiger charge is -2.17. The number of hydroxylamine groups is 1. The van der Waals surface area contributed by atoms with Gasteiger partial charge in [0.25, 0.3) is 0 Å². The van der Waals surface area contributed by atoms with Crippen molar-refractivity contribution < 1.29 is 9.63 Å². The molecule has 0 bridgehead atoms. The van der Waals surface area contributed by atoms with Crippen LogP contribution in [0.5, 0.6) is 0 Å². The fraction of sp³-hybridized carbons (Fsp3) is 0.188. The molecule has 0 saturated carbocycles. The Morgan fingerprint density at radius 1 is 1.05 bits per heavy atom. The Morgan fingerprint density at radius 2 is 1.63 bits per heavy atom. The predicted octanol–water partition coefficient (Wildman–Crippen LogP) is 3.15. The molecule has 3 heteroatoms. The highest BCUT2D eigenvalue weighted by molar-refractivity contribution is 5.96. The summed E-state index contributed by atoms with van der Waals surface area (Å²) in [5.74, 6) is 0.0963. The van der Waals surface area contributed by atoms with E-state index >= 15 is 0 Å². The van der Waals surface area contributed by atoms with Gasteiger partial charge in [0.2, 0.25) is 0 Å². The average molecular weight is 255 g/mol. The Balaban J connectivity index is 2.11. The van der Waals surface area contributed by atoms with Crippen molar-refractivity contribution in [2.24, 2.45) is 0 Å². The van der Waals surface area contributed by atoms with Gasteiger partial charge in [-0.25, -0.2) is 0 Å². The van der Waals surface area contributed by atoms with Crippen LogP contribution in [0.4, 0.5) is 0 Å². The Morgan fingerprint density at radius 3 is 2.21 bits per heavy atom. The molecule has 2 aromatic rings. The smallest absolute Gasteiger partial charge is 0.164 e. The van der Waals surface area contributed by atoms with E-state index < -0.39 is 0 Å². The average Bonchev–Trinajstić information content (AvgIpc) is 2.48. The number of hydrogen-bond acceptors (Lipinski definition) is 3. The van der Waals surface area contributed by atoms with E-state index in [2.05, 4.69) is 5.48 Å². The van der Waals surface area contributed by atoms with Gasteiger partial charge in [-0.15, -0.1) is 0 Å². The summed E-state index contributed by atoms with van der Waals surface area (Å²) in [6.07, 6.45) is 0.363. The van der Waals surface area contributed by atoms with Crippen molar-refractivity contribution in [2.45, 2.75) is 12.5 Å². The van der Waals surface area contributed by atoms with Crippen LogP contribution in [-0.2, 0) is 4.84 Å². The van der Waals surface area contributed by atoms with Gasteiger partial charge in [-0.3, -0.25) is 4.79 Å². The quantitative estimate of drug-likeness (QED) is 0.636. The molecule has 1 N–H and O–H groups in total. The van der Waals surface area contributed by atoms with Gasteiger partial charge in [-0.2, -0.15) is 5.48 Å². The molecule has 0 radical (unpaired) electrons. The van der Waals surface area contributed by atoms with E-state index in [-0.39, 0.29) is 11.8 Å². The minimum Gasteiger partial charge on any atom is -0.305 e. The number of rotatable bonds is 6. The molecule has 0 fully saturated rings. The molecule has 3 nitrogen and oxygen atoms in total. The van der Waals surface area contributed by atoms with Gasteiger partial charge < -0.3 is 4.84 Å². The molecular formula is C16H17NO2. The zero-order chi connectivity index (χ0) is 13.5. The minimum atomic E-state index is -0.140. The molecule has 0 amide bonds. The van der Waals surface area contributed by atoms with Gasteiger partial charge >= 0.3 is 0 Å². The molecular weight excluding hydrogens is 238 g/mol. The van der Waals surface area contributed by atoms with E-state index in [0.29, 0.717) is 6.42 Å². The van der Waals surface area contributed by atoms with Crippen molar-refractivity contribution in [2.75, 3.05) is 7.11 Å². The molecule has 0 unspecified atom stereocenters. The van der Waals surface area contributed by atoms with Crippen LogP contribution in [0.3, 0.4) is 0 Å².